The Balaban J connectivity index is 2.47. The van der Waals surface area contributed by atoms with Crippen LogP contribution in [-0.2, 0) is 6.54 Å². The summed E-state index contributed by atoms with van der Waals surface area (Å²) in [6.45, 7) is 6.57. The highest BCUT2D eigenvalue weighted by atomic mass is 79.9. The molecule has 13 heavy (non-hydrogen) atoms. The third kappa shape index (κ3) is 3.75. The minimum atomic E-state index is 0.597. The number of rotatable bonds is 5. The molecule has 2 nitrogen and oxygen atoms in total. The molecule has 0 N–H and O–H groups in total. The summed E-state index contributed by atoms with van der Waals surface area (Å²) in [6.07, 6.45) is 1.95. The maximum absolute atomic E-state index is 4.07. The first kappa shape index (κ1) is 11.1. The van der Waals surface area contributed by atoms with Crippen LogP contribution in [-0.4, -0.2) is 27.8 Å². The summed E-state index contributed by atoms with van der Waals surface area (Å²) in [6, 6.07) is 0.597. The Morgan fingerprint density at radius 1 is 1.62 bits per heavy atom. The fourth-order valence-electron chi connectivity index (χ4n) is 1.15. The van der Waals surface area contributed by atoms with Crippen LogP contribution in [0.5, 0.6) is 0 Å². The average Bonchev–Trinajstić information content (AvgIpc) is 2.56. The van der Waals surface area contributed by atoms with E-state index in [0.29, 0.717) is 6.04 Å². The van der Waals surface area contributed by atoms with Crippen molar-refractivity contribution in [2.24, 2.45) is 0 Å². The fraction of sp³-hybridized carbons (Fsp3) is 0.667. The minimum absolute atomic E-state index is 0.597. The summed E-state index contributed by atoms with van der Waals surface area (Å²) in [4.78, 5) is 7.85. The van der Waals surface area contributed by atoms with Gasteiger partial charge in [-0.05, 0) is 13.8 Å². The van der Waals surface area contributed by atoms with Crippen molar-refractivity contribution in [1.82, 2.24) is 9.88 Å². The molecule has 0 aliphatic rings. The van der Waals surface area contributed by atoms with Crippen molar-refractivity contribution < 1.29 is 0 Å². The first-order valence-corrected chi connectivity index (χ1v) is 6.41. The van der Waals surface area contributed by atoms with Gasteiger partial charge < -0.3 is 0 Å². The molecule has 0 saturated heterocycles. The van der Waals surface area contributed by atoms with Crippen LogP contribution in [0.3, 0.4) is 0 Å². The van der Waals surface area contributed by atoms with Gasteiger partial charge in [0, 0.05) is 35.5 Å². The Morgan fingerprint density at radius 2 is 2.38 bits per heavy atom. The molecule has 0 unspecified atom stereocenters. The van der Waals surface area contributed by atoms with Crippen molar-refractivity contribution >= 4 is 27.3 Å². The summed E-state index contributed by atoms with van der Waals surface area (Å²) >= 11 is 5.19. The maximum atomic E-state index is 4.07. The predicted octanol–water partition coefficient (Wildman–Crippen LogP) is 2.75. The number of nitrogens with zero attached hydrogens (tertiary/aromatic N) is 2. The fourth-order valence-corrected chi connectivity index (χ4v) is 2.22. The van der Waals surface area contributed by atoms with Crippen molar-refractivity contribution in [3.8, 4) is 0 Å². The number of halogens is 1. The van der Waals surface area contributed by atoms with Crippen LogP contribution in [0.15, 0.2) is 11.7 Å². The SMILES string of the molecule is CC(C)N(CCBr)Cc1cncs1. The molecule has 4 heteroatoms. The lowest BCUT2D eigenvalue weighted by Crippen LogP contribution is -2.31. The van der Waals surface area contributed by atoms with Gasteiger partial charge in [-0.15, -0.1) is 11.3 Å². The van der Waals surface area contributed by atoms with Crippen molar-refractivity contribution in [3.05, 3.63) is 16.6 Å². The van der Waals surface area contributed by atoms with Gasteiger partial charge in [-0.25, -0.2) is 0 Å². The monoisotopic (exact) mass is 262 g/mol. The third-order valence-electron chi connectivity index (χ3n) is 1.94. The molecular formula is C9H15BrN2S. The van der Waals surface area contributed by atoms with E-state index in [1.165, 1.54) is 4.88 Å². The molecule has 0 spiro atoms. The second kappa shape index (κ2) is 5.73. The highest BCUT2D eigenvalue weighted by Crippen LogP contribution is 2.11. The molecular weight excluding hydrogens is 248 g/mol. The van der Waals surface area contributed by atoms with Crippen LogP contribution in [0.25, 0.3) is 0 Å². The predicted molar refractivity (Wildman–Crippen MR) is 61.5 cm³/mol. The van der Waals surface area contributed by atoms with Gasteiger partial charge in [-0.3, -0.25) is 9.88 Å². The molecule has 0 saturated carbocycles. The minimum Gasteiger partial charge on any atom is -0.295 e. The second-order valence-electron chi connectivity index (χ2n) is 3.22. The number of hydrogen-bond donors (Lipinski definition) is 0. The van der Waals surface area contributed by atoms with E-state index in [2.05, 4.69) is 39.7 Å². The van der Waals surface area contributed by atoms with Gasteiger partial charge in [-0.2, -0.15) is 0 Å². The zero-order chi connectivity index (χ0) is 9.68. The largest absolute Gasteiger partial charge is 0.295 e. The summed E-state index contributed by atoms with van der Waals surface area (Å²) in [7, 11) is 0. The van der Waals surface area contributed by atoms with Crippen molar-refractivity contribution in [3.63, 3.8) is 0 Å². The van der Waals surface area contributed by atoms with E-state index >= 15 is 0 Å². The van der Waals surface area contributed by atoms with Crippen LogP contribution in [0.1, 0.15) is 18.7 Å². The Kier molecular flexibility index (Phi) is 4.91. The van der Waals surface area contributed by atoms with Crippen LogP contribution < -0.4 is 0 Å². The zero-order valence-electron chi connectivity index (χ0n) is 8.03. The van der Waals surface area contributed by atoms with Gasteiger partial charge in [0.15, 0.2) is 0 Å². The molecule has 1 aromatic heterocycles. The van der Waals surface area contributed by atoms with Crippen molar-refractivity contribution in [2.45, 2.75) is 26.4 Å². The Labute approximate surface area is 92.1 Å². The highest BCUT2D eigenvalue weighted by molar-refractivity contribution is 9.09. The Hall–Kier alpha value is 0.0700. The lowest BCUT2D eigenvalue weighted by atomic mass is 10.3. The Bertz CT molecular complexity index is 224. The maximum Gasteiger partial charge on any atom is 0.0794 e. The van der Waals surface area contributed by atoms with E-state index in [0.717, 1.165) is 18.4 Å². The van der Waals surface area contributed by atoms with Crippen LogP contribution in [0.2, 0.25) is 0 Å². The van der Waals surface area contributed by atoms with Gasteiger partial charge in [0.2, 0.25) is 0 Å². The summed E-state index contributed by atoms with van der Waals surface area (Å²) in [5, 5.41) is 1.03. The average molecular weight is 263 g/mol. The molecule has 0 aliphatic carbocycles. The highest BCUT2D eigenvalue weighted by Gasteiger charge is 2.09. The van der Waals surface area contributed by atoms with Crippen molar-refractivity contribution in [2.75, 3.05) is 11.9 Å². The third-order valence-corrected chi connectivity index (χ3v) is 3.06. The van der Waals surface area contributed by atoms with E-state index < -0.39 is 0 Å². The molecule has 1 aromatic rings. The van der Waals surface area contributed by atoms with Gasteiger partial charge >= 0.3 is 0 Å². The topological polar surface area (TPSA) is 16.1 Å². The first-order chi connectivity index (χ1) is 6.24. The number of alkyl halides is 1. The lowest BCUT2D eigenvalue weighted by Gasteiger charge is -2.24. The van der Waals surface area contributed by atoms with Crippen LogP contribution in [0, 0.1) is 0 Å². The molecule has 0 aromatic carbocycles. The molecule has 0 aliphatic heterocycles. The van der Waals surface area contributed by atoms with Crippen LogP contribution >= 0.6 is 27.3 Å². The first-order valence-electron chi connectivity index (χ1n) is 4.41. The molecule has 0 radical (unpaired) electrons. The molecule has 0 amide bonds. The van der Waals surface area contributed by atoms with Gasteiger partial charge in [0.25, 0.3) is 0 Å². The smallest absolute Gasteiger partial charge is 0.0794 e. The standard InChI is InChI=1S/C9H15BrN2S/c1-8(2)12(4-3-10)6-9-5-11-7-13-9/h5,7-8H,3-4,6H2,1-2H3. The lowest BCUT2D eigenvalue weighted by molar-refractivity contribution is 0.229. The van der Waals surface area contributed by atoms with Gasteiger partial charge in [0.05, 0.1) is 5.51 Å². The molecule has 74 valence electrons. The molecule has 0 atom stereocenters. The molecule has 1 rings (SSSR count). The number of aromatic nitrogens is 1. The molecule has 1 heterocycles. The van der Waals surface area contributed by atoms with E-state index in [4.69, 9.17) is 0 Å². The molecule has 0 bridgehead atoms. The van der Waals surface area contributed by atoms with E-state index in [9.17, 15) is 0 Å². The Morgan fingerprint density at radius 3 is 2.85 bits per heavy atom. The number of thiazole rings is 1. The summed E-state index contributed by atoms with van der Waals surface area (Å²) in [5.74, 6) is 0. The normalized spacial score (nSPS) is 11.5. The van der Waals surface area contributed by atoms with Crippen molar-refractivity contribution in [1.29, 1.82) is 0 Å². The summed E-state index contributed by atoms with van der Waals surface area (Å²) in [5.41, 5.74) is 1.89. The van der Waals surface area contributed by atoms with E-state index in [1.54, 1.807) is 11.3 Å². The zero-order valence-corrected chi connectivity index (χ0v) is 10.4. The quantitative estimate of drug-likeness (QED) is 0.759. The van der Waals surface area contributed by atoms with Gasteiger partial charge in [0.1, 0.15) is 0 Å². The number of hydrogen-bond acceptors (Lipinski definition) is 3. The van der Waals surface area contributed by atoms with Gasteiger partial charge in [-0.1, -0.05) is 15.9 Å². The van der Waals surface area contributed by atoms with Crippen LogP contribution in [0.4, 0.5) is 0 Å². The van der Waals surface area contributed by atoms with E-state index in [-0.39, 0.29) is 0 Å². The van der Waals surface area contributed by atoms with E-state index in [1.807, 2.05) is 11.7 Å². The summed E-state index contributed by atoms with van der Waals surface area (Å²) < 4.78 is 0. The second-order valence-corrected chi connectivity index (χ2v) is 4.98. The molecule has 0 fully saturated rings.